The third-order valence-electron chi connectivity index (χ3n) is 4.75. The van der Waals surface area contributed by atoms with Crippen molar-refractivity contribution in [1.29, 1.82) is 0 Å². The number of ketones is 1. The Hall–Kier alpha value is -3.54. The highest BCUT2D eigenvalue weighted by atomic mass is 19.1. The molecule has 6 heteroatoms. The second kappa shape index (κ2) is 7.23. The van der Waals surface area contributed by atoms with Gasteiger partial charge in [0, 0.05) is 23.1 Å². The average Bonchev–Trinajstić information content (AvgIpc) is 2.72. The lowest BCUT2D eigenvalue weighted by Gasteiger charge is -2.17. The van der Waals surface area contributed by atoms with Gasteiger partial charge in [-0.05, 0) is 47.7 Å². The number of amides is 1. The molecule has 28 heavy (non-hydrogen) atoms. The lowest BCUT2D eigenvalue weighted by molar-refractivity contribution is -0.116. The first-order chi connectivity index (χ1) is 13.5. The average molecular weight is 377 g/mol. The molecular formula is C22H16FNO4. The molecule has 1 heterocycles. The Balaban J connectivity index is 1.49. The minimum Gasteiger partial charge on any atom is -0.454 e. The third kappa shape index (κ3) is 3.36. The van der Waals surface area contributed by atoms with Gasteiger partial charge < -0.3 is 10.1 Å². The lowest BCUT2D eigenvalue weighted by atomic mass is 9.99. The summed E-state index contributed by atoms with van der Waals surface area (Å²) in [4.78, 5) is 36.3. The molecule has 0 fully saturated rings. The van der Waals surface area contributed by atoms with Gasteiger partial charge in [0.25, 0.3) is 0 Å². The number of hydrogen-bond donors (Lipinski definition) is 1. The van der Waals surface area contributed by atoms with Gasteiger partial charge in [0.2, 0.25) is 5.91 Å². The van der Waals surface area contributed by atoms with Crippen LogP contribution in [-0.2, 0) is 16.0 Å². The van der Waals surface area contributed by atoms with E-state index in [2.05, 4.69) is 5.32 Å². The van der Waals surface area contributed by atoms with Crippen molar-refractivity contribution in [2.45, 2.75) is 12.8 Å². The summed E-state index contributed by atoms with van der Waals surface area (Å²) in [7, 11) is 0. The molecule has 3 aromatic rings. The van der Waals surface area contributed by atoms with E-state index in [1.165, 1.54) is 12.1 Å². The van der Waals surface area contributed by atoms with Crippen molar-refractivity contribution in [1.82, 2.24) is 0 Å². The molecule has 0 bridgehead atoms. The number of anilines is 1. The van der Waals surface area contributed by atoms with Gasteiger partial charge in [-0.1, -0.05) is 24.3 Å². The number of carbonyl (C=O) groups excluding carboxylic acids is 3. The van der Waals surface area contributed by atoms with E-state index in [1.807, 2.05) is 0 Å². The normalized spacial score (nSPS) is 13.0. The minimum atomic E-state index is -0.685. The van der Waals surface area contributed by atoms with E-state index in [1.54, 1.807) is 42.5 Å². The van der Waals surface area contributed by atoms with Gasteiger partial charge in [-0.15, -0.1) is 0 Å². The Morgan fingerprint density at radius 1 is 1.00 bits per heavy atom. The fourth-order valence-corrected chi connectivity index (χ4v) is 3.29. The van der Waals surface area contributed by atoms with Crippen LogP contribution in [0, 0.1) is 5.82 Å². The van der Waals surface area contributed by atoms with Crippen LogP contribution in [-0.4, -0.2) is 24.3 Å². The van der Waals surface area contributed by atoms with E-state index >= 15 is 0 Å². The van der Waals surface area contributed by atoms with Crippen molar-refractivity contribution in [3.05, 3.63) is 77.1 Å². The predicted octanol–water partition coefficient (Wildman–Crippen LogP) is 3.90. The Morgan fingerprint density at radius 3 is 2.61 bits per heavy atom. The summed E-state index contributed by atoms with van der Waals surface area (Å²) in [6.45, 7) is -0.421. The maximum absolute atomic E-state index is 13.9. The number of Topliss-reactive ketones (excluding diaryl/α,β-unsaturated/α-hetero) is 1. The number of fused-ring (bicyclic) bond motifs is 2. The molecule has 140 valence electrons. The fraction of sp³-hybridized carbons (Fsp3) is 0.136. The highest BCUT2D eigenvalue weighted by Gasteiger charge is 2.19. The van der Waals surface area contributed by atoms with E-state index in [-0.39, 0.29) is 17.3 Å². The van der Waals surface area contributed by atoms with Crippen molar-refractivity contribution < 1.29 is 23.5 Å². The molecule has 1 aliphatic rings. The number of nitrogens with one attached hydrogen (secondary N) is 1. The molecular weight excluding hydrogens is 361 g/mol. The summed E-state index contributed by atoms with van der Waals surface area (Å²) in [5.74, 6) is -1.51. The van der Waals surface area contributed by atoms with E-state index in [0.717, 1.165) is 5.56 Å². The SMILES string of the molecule is O=C1CCc2cc(C(=O)COC(=O)c3ccc(F)c4ccccc34)ccc2N1. The summed E-state index contributed by atoms with van der Waals surface area (Å²) < 4.78 is 19.1. The number of rotatable bonds is 4. The molecule has 0 spiro atoms. The maximum Gasteiger partial charge on any atom is 0.339 e. The lowest BCUT2D eigenvalue weighted by Crippen LogP contribution is -2.20. The second-order valence-electron chi connectivity index (χ2n) is 6.56. The van der Waals surface area contributed by atoms with Gasteiger partial charge in [0.05, 0.1) is 5.56 Å². The minimum absolute atomic E-state index is 0.0490. The van der Waals surface area contributed by atoms with Crippen LogP contribution < -0.4 is 5.32 Å². The number of aryl methyl sites for hydroxylation is 1. The van der Waals surface area contributed by atoms with Crippen molar-refractivity contribution in [3.63, 3.8) is 0 Å². The number of halogens is 1. The highest BCUT2D eigenvalue weighted by Crippen LogP contribution is 2.25. The van der Waals surface area contributed by atoms with Gasteiger partial charge in [0.1, 0.15) is 5.82 Å². The van der Waals surface area contributed by atoms with E-state index in [4.69, 9.17) is 4.74 Å². The fourth-order valence-electron chi connectivity index (χ4n) is 3.29. The van der Waals surface area contributed by atoms with Gasteiger partial charge in [-0.2, -0.15) is 0 Å². The van der Waals surface area contributed by atoms with Crippen molar-refractivity contribution >= 4 is 34.1 Å². The molecule has 1 N–H and O–H groups in total. The highest BCUT2D eigenvalue weighted by molar-refractivity contribution is 6.06. The monoisotopic (exact) mass is 377 g/mol. The van der Waals surface area contributed by atoms with Crippen LogP contribution in [0.2, 0.25) is 0 Å². The Morgan fingerprint density at radius 2 is 1.79 bits per heavy atom. The van der Waals surface area contributed by atoms with Gasteiger partial charge in [0.15, 0.2) is 12.4 Å². The van der Waals surface area contributed by atoms with Gasteiger partial charge >= 0.3 is 5.97 Å². The van der Waals surface area contributed by atoms with Crippen LogP contribution >= 0.6 is 0 Å². The number of benzene rings is 3. The summed E-state index contributed by atoms with van der Waals surface area (Å²) >= 11 is 0. The molecule has 1 aliphatic heterocycles. The maximum atomic E-state index is 13.9. The van der Waals surface area contributed by atoms with Gasteiger partial charge in [-0.3, -0.25) is 9.59 Å². The first-order valence-corrected chi connectivity index (χ1v) is 8.83. The molecule has 0 atom stereocenters. The smallest absolute Gasteiger partial charge is 0.339 e. The van der Waals surface area contributed by atoms with Crippen LogP contribution in [0.4, 0.5) is 10.1 Å². The summed E-state index contributed by atoms with van der Waals surface area (Å²) in [5.41, 5.74) is 2.19. The zero-order chi connectivity index (χ0) is 19.7. The summed E-state index contributed by atoms with van der Waals surface area (Å²) in [6, 6.07) is 14.1. The molecule has 0 radical (unpaired) electrons. The van der Waals surface area contributed by atoms with Crippen molar-refractivity contribution in [2.75, 3.05) is 11.9 Å². The molecule has 1 amide bonds. The molecule has 0 unspecified atom stereocenters. The Kier molecular flexibility index (Phi) is 4.61. The largest absolute Gasteiger partial charge is 0.454 e. The van der Waals surface area contributed by atoms with Crippen LogP contribution in [0.15, 0.2) is 54.6 Å². The molecule has 4 rings (SSSR count). The predicted molar refractivity (Wildman–Crippen MR) is 102 cm³/mol. The van der Waals surface area contributed by atoms with Gasteiger partial charge in [-0.25, -0.2) is 9.18 Å². The molecule has 0 aliphatic carbocycles. The van der Waals surface area contributed by atoms with Crippen LogP contribution in [0.5, 0.6) is 0 Å². The standard InChI is InChI=1S/C22H16FNO4/c23-18-8-7-17(15-3-1-2-4-16(15)18)22(27)28-12-20(25)14-5-9-19-13(11-14)6-10-21(26)24-19/h1-5,7-9,11H,6,10,12H2,(H,24,26). The van der Waals surface area contributed by atoms with E-state index in [0.29, 0.717) is 34.9 Å². The number of hydrogen-bond acceptors (Lipinski definition) is 4. The Bertz CT molecular complexity index is 1120. The summed E-state index contributed by atoms with van der Waals surface area (Å²) in [6.07, 6.45) is 0.931. The Labute approximate surface area is 160 Å². The van der Waals surface area contributed by atoms with Crippen LogP contribution in [0.1, 0.15) is 32.7 Å². The van der Waals surface area contributed by atoms with E-state index < -0.39 is 18.4 Å². The zero-order valence-electron chi connectivity index (χ0n) is 14.8. The van der Waals surface area contributed by atoms with Crippen molar-refractivity contribution in [2.24, 2.45) is 0 Å². The molecule has 0 saturated heterocycles. The molecule has 3 aromatic carbocycles. The first kappa shape index (κ1) is 17.9. The number of esters is 1. The second-order valence-corrected chi connectivity index (χ2v) is 6.56. The molecule has 5 nitrogen and oxygen atoms in total. The number of carbonyl (C=O) groups is 3. The topological polar surface area (TPSA) is 72.5 Å². The zero-order valence-corrected chi connectivity index (χ0v) is 14.8. The van der Waals surface area contributed by atoms with Crippen LogP contribution in [0.25, 0.3) is 10.8 Å². The van der Waals surface area contributed by atoms with Crippen molar-refractivity contribution in [3.8, 4) is 0 Å². The van der Waals surface area contributed by atoms with Crippen LogP contribution in [0.3, 0.4) is 0 Å². The third-order valence-corrected chi connectivity index (χ3v) is 4.75. The first-order valence-electron chi connectivity index (χ1n) is 8.83. The quantitative estimate of drug-likeness (QED) is 0.553. The molecule has 0 aromatic heterocycles. The molecule has 0 saturated carbocycles. The van der Waals surface area contributed by atoms with E-state index in [9.17, 15) is 18.8 Å². The number of ether oxygens (including phenoxy) is 1. The summed E-state index contributed by atoms with van der Waals surface area (Å²) in [5, 5.41) is 3.51.